The summed E-state index contributed by atoms with van der Waals surface area (Å²) in [6.45, 7) is 5.08. The molecular weight excluding hydrogens is 190 g/mol. The quantitative estimate of drug-likeness (QED) is 0.758. The van der Waals surface area contributed by atoms with Gasteiger partial charge in [-0.2, -0.15) is 0 Å². The zero-order chi connectivity index (χ0) is 11.3. The highest BCUT2D eigenvalue weighted by atomic mass is 16.5. The largest absolute Gasteiger partial charge is 0.496 e. The minimum atomic E-state index is -0.197. The van der Waals surface area contributed by atoms with Crippen LogP contribution >= 0.6 is 0 Å². The van der Waals surface area contributed by atoms with Crippen molar-refractivity contribution in [1.82, 2.24) is 5.32 Å². The Hall–Kier alpha value is -0.540. The van der Waals surface area contributed by atoms with Crippen LogP contribution in [-0.2, 0) is 9.47 Å². The molecule has 1 N–H and O–H groups in total. The van der Waals surface area contributed by atoms with Crippen LogP contribution in [0.25, 0.3) is 0 Å². The van der Waals surface area contributed by atoms with Crippen LogP contribution in [0.5, 0.6) is 0 Å². The summed E-state index contributed by atoms with van der Waals surface area (Å²) in [5.41, 5.74) is -0.197. The molecule has 0 amide bonds. The first-order valence-corrected chi connectivity index (χ1v) is 5.73. The van der Waals surface area contributed by atoms with Crippen LogP contribution in [0.4, 0.5) is 0 Å². The molecule has 3 nitrogen and oxygen atoms in total. The Balaban J connectivity index is 2.81. The van der Waals surface area contributed by atoms with Crippen molar-refractivity contribution < 1.29 is 9.47 Å². The summed E-state index contributed by atoms with van der Waals surface area (Å²) < 4.78 is 11.3. The number of likely N-dealkylation sites (N-methyl/N-ethyl adjacent to an activating group) is 1. The Morgan fingerprint density at radius 1 is 1.67 bits per heavy atom. The molecule has 0 radical (unpaired) electrons. The van der Waals surface area contributed by atoms with E-state index in [1.807, 2.05) is 7.05 Å². The third-order valence-corrected chi connectivity index (χ3v) is 3.31. The van der Waals surface area contributed by atoms with E-state index in [2.05, 4.69) is 25.2 Å². The fourth-order valence-electron chi connectivity index (χ4n) is 1.99. The number of allylic oxidation sites excluding steroid dienone is 1. The van der Waals surface area contributed by atoms with Crippen molar-refractivity contribution >= 4 is 0 Å². The van der Waals surface area contributed by atoms with Crippen LogP contribution < -0.4 is 5.32 Å². The summed E-state index contributed by atoms with van der Waals surface area (Å²) in [7, 11) is 3.72. The molecule has 2 atom stereocenters. The summed E-state index contributed by atoms with van der Waals surface area (Å²) in [4.78, 5) is 0. The molecule has 0 aromatic carbocycles. The van der Waals surface area contributed by atoms with E-state index in [9.17, 15) is 0 Å². The van der Waals surface area contributed by atoms with Gasteiger partial charge in [-0.05, 0) is 39.3 Å². The van der Waals surface area contributed by atoms with Gasteiger partial charge < -0.3 is 14.8 Å². The molecule has 0 aromatic heterocycles. The fraction of sp³-hybridized carbons (Fsp3) is 0.833. The molecule has 0 spiro atoms. The van der Waals surface area contributed by atoms with E-state index < -0.39 is 0 Å². The molecule has 0 aliphatic carbocycles. The Morgan fingerprint density at radius 2 is 2.40 bits per heavy atom. The van der Waals surface area contributed by atoms with Gasteiger partial charge >= 0.3 is 0 Å². The molecule has 1 aliphatic heterocycles. The topological polar surface area (TPSA) is 30.5 Å². The van der Waals surface area contributed by atoms with Crippen LogP contribution in [0.15, 0.2) is 11.8 Å². The van der Waals surface area contributed by atoms with Crippen molar-refractivity contribution in [3.63, 3.8) is 0 Å². The second kappa shape index (κ2) is 5.52. The molecule has 0 fully saturated rings. The second-order valence-electron chi connectivity index (χ2n) is 4.19. The molecule has 2 unspecified atom stereocenters. The molecule has 15 heavy (non-hydrogen) atoms. The summed E-state index contributed by atoms with van der Waals surface area (Å²) in [5, 5.41) is 3.30. The highest BCUT2D eigenvalue weighted by molar-refractivity contribution is 5.12. The third kappa shape index (κ3) is 2.73. The van der Waals surface area contributed by atoms with E-state index in [0.29, 0.717) is 0 Å². The van der Waals surface area contributed by atoms with Gasteiger partial charge in [0.1, 0.15) is 5.76 Å². The van der Waals surface area contributed by atoms with Crippen LogP contribution in [-0.4, -0.2) is 32.4 Å². The maximum Gasteiger partial charge on any atom is 0.112 e. The predicted molar refractivity (Wildman–Crippen MR) is 61.8 cm³/mol. The average Bonchev–Trinajstić information content (AvgIpc) is 2.31. The third-order valence-electron chi connectivity index (χ3n) is 3.31. The smallest absolute Gasteiger partial charge is 0.112 e. The van der Waals surface area contributed by atoms with Crippen molar-refractivity contribution in [2.45, 2.75) is 44.8 Å². The zero-order valence-corrected chi connectivity index (χ0v) is 10.3. The second-order valence-corrected chi connectivity index (χ2v) is 4.19. The zero-order valence-electron chi connectivity index (χ0n) is 10.3. The van der Waals surface area contributed by atoms with Gasteiger partial charge in [-0.15, -0.1) is 0 Å². The molecule has 1 rings (SSSR count). The lowest BCUT2D eigenvalue weighted by Crippen LogP contribution is -2.50. The van der Waals surface area contributed by atoms with Gasteiger partial charge in [0.25, 0.3) is 0 Å². The highest BCUT2D eigenvalue weighted by Crippen LogP contribution is 2.27. The first kappa shape index (κ1) is 12.5. The van der Waals surface area contributed by atoms with Gasteiger partial charge in [0.05, 0.1) is 18.2 Å². The molecule has 0 bridgehead atoms. The minimum absolute atomic E-state index is 0.146. The maximum absolute atomic E-state index is 5.70. The monoisotopic (exact) mass is 213 g/mol. The lowest BCUT2D eigenvalue weighted by molar-refractivity contribution is -0.0335. The average molecular weight is 213 g/mol. The number of rotatable bonds is 5. The van der Waals surface area contributed by atoms with Crippen LogP contribution in [0.2, 0.25) is 0 Å². The number of methoxy groups -OCH3 is 1. The summed E-state index contributed by atoms with van der Waals surface area (Å²) in [6, 6.07) is 0.146. The van der Waals surface area contributed by atoms with Crippen LogP contribution in [0.3, 0.4) is 0 Å². The Kier molecular flexibility index (Phi) is 4.61. The molecule has 3 heteroatoms. The van der Waals surface area contributed by atoms with Gasteiger partial charge in [0.15, 0.2) is 0 Å². The molecule has 1 heterocycles. The first-order chi connectivity index (χ1) is 7.18. The normalized spacial score (nSPS) is 22.5. The molecule has 0 saturated carbocycles. The van der Waals surface area contributed by atoms with E-state index in [1.165, 1.54) is 0 Å². The van der Waals surface area contributed by atoms with Crippen molar-refractivity contribution in [3.05, 3.63) is 11.8 Å². The maximum atomic E-state index is 5.70. The number of nitrogens with one attached hydrogen (secondary N) is 1. The predicted octanol–water partition coefficient (Wildman–Crippen LogP) is 2.08. The molecule has 0 saturated heterocycles. The van der Waals surface area contributed by atoms with Gasteiger partial charge in [-0.1, -0.05) is 6.92 Å². The highest BCUT2D eigenvalue weighted by Gasteiger charge is 2.35. The number of hydrogen-bond acceptors (Lipinski definition) is 3. The molecular formula is C12H23NO2. The summed E-state index contributed by atoms with van der Waals surface area (Å²) in [5.74, 6) is 1.04. The Morgan fingerprint density at radius 3 is 2.80 bits per heavy atom. The van der Waals surface area contributed by atoms with E-state index in [4.69, 9.17) is 9.47 Å². The summed E-state index contributed by atoms with van der Waals surface area (Å²) in [6.07, 6.45) is 5.36. The minimum Gasteiger partial charge on any atom is -0.496 e. The van der Waals surface area contributed by atoms with Crippen molar-refractivity contribution in [2.75, 3.05) is 20.8 Å². The van der Waals surface area contributed by atoms with Crippen molar-refractivity contribution in [3.8, 4) is 0 Å². The number of hydrogen-bond donors (Lipinski definition) is 1. The van der Waals surface area contributed by atoms with Gasteiger partial charge in [0.2, 0.25) is 0 Å². The SMILES string of the molecule is CCC(C)(OC)C(NC)C1=CCCCO1. The van der Waals surface area contributed by atoms with Crippen LogP contribution in [0.1, 0.15) is 33.1 Å². The van der Waals surface area contributed by atoms with Crippen LogP contribution in [0, 0.1) is 0 Å². The lowest BCUT2D eigenvalue weighted by Gasteiger charge is -2.37. The van der Waals surface area contributed by atoms with Gasteiger partial charge in [0, 0.05) is 7.11 Å². The number of ether oxygens (including phenoxy) is 2. The molecule has 0 aromatic rings. The van der Waals surface area contributed by atoms with E-state index >= 15 is 0 Å². The van der Waals surface area contributed by atoms with Crippen molar-refractivity contribution in [2.24, 2.45) is 0 Å². The van der Waals surface area contributed by atoms with Gasteiger partial charge in [-0.3, -0.25) is 0 Å². The lowest BCUT2D eigenvalue weighted by atomic mass is 9.90. The van der Waals surface area contributed by atoms with E-state index in [1.54, 1.807) is 7.11 Å². The molecule has 88 valence electrons. The molecule has 1 aliphatic rings. The van der Waals surface area contributed by atoms with E-state index in [0.717, 1.165) is 31.6 Å². The Bertz CT molecular complexity index is 222. The van der Waals surface area contributed by atoms with E-state index in [-0.39, 0.29) is 11.6 Å². The fourth-order valence-corrected chi connectivity index (χ4v) is 1.99. The summed E-state index contributed by atoms with van der Waals surface area (Å²) >= 11 is 0. The van der Waals surface area contributed by atoms with Gasteiger partial charge in [-0.25, -0.2) is 0 Å². The Labute approximate surface area is 92.8 Å². The van der Waals surface area contributed by atoms with Crippen molar-refractivity contribution in [1.29, 1.82) is 0 Å². The standard InChI is InChI=1S/C12H23NO2/c1-5-12(2,14-4)11(13-3)10-8-6-7-9-15-10/h8,11,13H,5-7,9H2,1-4H3. The first-order valence-electron chi connectivity index (χ1n) is 5.73.